The van der Waals surface area contributed by atoms with E-state index >= 15 is 0 Å². The molecule has 0 aliphatic carbocycles. The lowest BCUT2D eigenvalue weighted by Crippen LogP contribution is -2.40. The van der Waals surface area contributed by atoms with Crippen LogP contribution < -0.4 is 10.6 Å². The summed E-state index contributed by atoms with van der Waals surface area (Å²) in [6.45, 7) is 2.67. The van der Waals surface area contributed by atoms with E-state index in [0.29, 0.717) is 25.3 Å². The van der Waals surface area contributed by atoms with Crippen LogP contribution in [0.1, 0.15) is 17.9 Å². The lowest BCUT2D eigenvalue weighted by Gasteiger charge is -2.10. The second kappa shape index (κ2) is 5.20. The van der Waals surface area contributed by atoms with E-state index in [-0.39, 0.29) is 11.9 Å². The maximum atomic E-state index is 11.7. The largest absolute Gasteiger partial charge is 0.392 e. The zero-order chi connectivity index (χ0) is 12.3. The molecule has 1 aliphatic rings. The standard InChI is InChI=1S/C11H16N4O2/c1-7-12-3-2-8(15-7)5-14-11(17)10-4-9(16)6-13-10/h2-3,9-10,13,16H,4-6H2,1H3,(H,14,17). The molecule has 0 bridgehead atoms. The summed E-state index contributed by atoms with van der Waals surface area (Å²) >= 11 is 0. The van der Waals surface area contributed by atoms with Gasteiger partial charge in [-0.25, -0.2) is 9.97 Å². The van der Waals surface area contributed by atoms with Gasteiger partial charge in [-0.15, -0.1) is 0 Å². The molecule has 6 nitrogen and oxygen atoms in total. The quantitative estimate of drug-likeness (QED) is 0.634. The van der Waals surface area contributed by atoms with Gasteiger partial charge in [0.05, 0.1) is 24.4 Å². The highest BCUT2D eigenvalue weighted by atomic mass is 16.3. The van der Waals surface area contributed by atoms with Crippen LogP contribution in [0.4, 0.5) is 0 Å². The number of hydrogen-bond acceptors (Lipinski definition) is 5. The average molecular weight is 236 g/mol. The van der Waals surface area contributed by atoms with Gasteiger partial charge in [-0.05, 0) is 19.4 Å². The molecule has 3 N–H and O–H groups in total. The molecule has 1 fully saturated rings. The maximum absolute atomic E-state index is 11.7. The van der Waals surface area contributed by atoms with Crippen LogP contribution in [0.25, 0.3) is 0 Å². The van der Waals surface area contributed by atoms with Crippen molar-refractivity contribution in [1.82, 2.24) is 20.6 Å². The second-order valence-electron chi connectivity index (χ2n) is 4.16. The number of carbonyl (C=O) groups excluding carboxylic acids is 1. The highest BCUT2D eigenvalue weighted by Crippen LogP contribution is 2.06. The van der Waals surface area contributed by atoms with Gasteiger partial charge in [0.15, 0.2) is 0 Å². The van der Waals surface area contributed by atoms with Gasteiger partial charge in [0.2, 0.25) is 5.91 Å². The molecule has 0 spiro atoms. The Kier molecular flexibility index (Phi) is 3.65. The maximum Gasteiger partial charge on any atom is 0.237 e. The number of rotatable bonds is 3. The predicted octanol–water partition coefficient (Wildman–Crippen LogP) is -0.876. The molecule has 1 aliphatic heterocycles. The van der Waals surface area contributed by atoms with Crippen molar-refractivity contribution >= 4 is 5.91 Å². The SMILES string of the molecule is Cc1nccc(CNC(=O)C2CC(O)CN2)n1. The Labute approximate surface area is 99.5 Å². The molecule has 2 heterocycles. The molecule has 2 rings (SSSR count). The van der Waals surface area contributed by atoms with Crippen LogP contribution in [0.15, 0.2) is 12.3 Å². The summed E-state index contributed by atoms with van der Waals surface area (Å²) in [4.78, 5) is 19.9. The molecule has 92 valence electrons. The van der Waals surface area contributed by atoms with Crippen LogP contribution in [0, 0.1) is 6.92 Å². The van der Waals surface area contributed by atoms with E-state index in [1.54, 1.807) is 19.2 Å². The Morgan fingerprint density at radius 2 is 2.53 bits per heavy atom. The molecular formula is C11H16N4O2. The number of aliphatic hydroxyl groups excluding tert-OH is 1. The molecule has 0 radical (unpaired) electrons. The minimum atomic E-state index is -0.424. The first-order valence-corrected chi connectivity index (χ1v) is 5.63. The van der Waals surface area contributed by atoms with Gasteiger partial charge in [-0.2, -0.15) is 0 Å². The fourth-order valence-electron chi connectivity index (χ4n) is 1.82. The summed E-state index contributed by atoms with van der Waals surface area (Å²) in [6, 6.07) is 1.47. The van der Waals surface area contributed by atoms with Gasteiger partial charge in [0, 0.05) is 12.7 Å². The van der Waals surface area contributed by atoms with E-state index in [0.717, 1.165) is 5.69 Å². The number of amides is 1. The molecule has 2 unspecified atom stereocenters. The fourth-order valence-corrected chi connectivity index (χ4v) is 1.82. The lowest BCUT2D eigenvalue weighted by atomic mass is 10.2. The number of hydrogen-bond donors (Lipinski definition) is 3. The average Bonchev–Trinajstić information content (AvgIpc) is 2.73. The number of aryl methyl sites for hydroxylation is 1. The summed E-state index contributed by atoms with van der Waals surface area (Å²) in [7, 11) is 0. The first-order chi connectivity index (χ1) is 8.15. The molecule has 6 heteroatoms. The van der Waals surface area contributed by atoms with Crippen LogP contribution in [0.5, 0.6) is 0 Å². The van der Waals surface area contributed by atoms with Gasteiger partial charge < -0.3 is 15.7 Å². The van der Waals surface area contributed by atoms with Crippen molar-refractivity contribution < 1.29 is 9.90 Å². The van der Waals surface area contributed by atoms with E-state index in [1.165, 1.54) is 0 Å². The topological polar surface area (TPSA) is 87.1 Å². The van der Waals surface area contributed by atoms with Crippen LogP contribution in [0.2, 0.25) is 0 Å². The van der Waals surface area contributed by atoms with Crippen molar-refractivity contribution in [2.75, 3.05) is 6.54 Å². The Morgan fingerprint density at radius 1 is 1.71 bits per heavy atom. The van der Waals surface area contributed by atoms with Gasteiger partial charge in [-0.1, -0.05) is 0 Å². The molecule has 2 atom stereocenters. The van der Waals surface area contributed by atoms with Crippen LogP contribution >= 0.6 is 0 Å². The Morgan fingerprint density at radius 3 is 3.18 bits per heavy atom. The lowest BCUT2D eigenvalue weighted by molar-refractivity contribution is -0.123. The van der Waals surface area contributed by atoms with Gasteiger partial charge in [0.25, 0.3) is 0 Å². The predicted molar refractivity (Wildman–Crippen MR) is 61.0 cm³/mol. The van der Waals surface area contributed by atoms with Crippen LogP contribution in [-0.4, -0.2) is 39.7 Å². The number of aromatic nitrogens is 2. The normalized spacial score (nSPS) is 23.6. The fraction of sp³-hybridized carbons (Fsp3) is 0.545. The summed E-state index contributed by atoms with van der Waals surface area (Å²) in [5.41, 5.74) is 0.782. The first kappa shape index (κ1) is 11.9. The van der Waals surface area contributed by atoms with E-state index in [2.05, 4.69) is 20.6 Å². The van der Waals surface area contributed by atoms with Crippen molar-refractivity contribution in [3.8, 4) is 0 Å². The second-order valence-corrected chi connectivity index (χ2v) is 4.16. The number of aliphatic hydroxyl groups is 1. The summed E-state index contributed by atoms with van der Waals surface area (Å²) in [6.07, 6.45) is 1.71. The van der Waals surface area contributed by atoms with Crippen molar-refractivity contribution in [2.45, 2.75) is 32.0 Å². The zero-order valence-corrected chi connectivity index (χ0v) is 9.68. The Bertz CT molecular complexity index is 410. The smallest absolute Gasteiger partial charge is 0.237 e. The number of nitrogens with one attached hydrogen (secondary N) is 2. The molecule has 0 aromatic carbocycles. The summed E-state index contributed by atoms with van der Waals surface area (Å²) in [5.74, 6) is 0.587. The third-order valence-corrected chi connectivity index (χ3v) is 2.70. The molecule has 0 saturated carbocycles. The van der Waals surface area contributed by atoms with Crippen LogP contribution in [0.3, 0.4) is 0 Å². The molecule has 1 aromatic rings. The summed E-state index contributed by atoms with van der Waals surface area (Å²) in [5, 5.41) is 15.1. The van der Waals surface area contributed by atoms with Crippen molar-refractivity contribution in [3.63, 3.8) is 0 Å². The number of carbonyl (C=O) groups is 1. The highest BCUT2D eigenvalue weighted by Gasteiger charge is 2.27. The van der Waals surface area contributed by atoms with E-state index in [4.69, 9.17) is 0 Å². The van der Waals surface area contributed by atoms with Crippen LogP contribution in [-0.2, 0) is 11.3 Å². The Hall–Kier alpha value is -1.53. The molecule has 1 saturated heterocycles. The third-order valence-electron chi connectivity index (χ3n) is 2.70. The van der Waals surface area contributed by atoms with Gasteiger partial charge in [0.1, 0.15) is 5.82 Å². The minimum Gasteiger partial charge on any atom is -0.392 e. The highest BCUT2D eigenvalue weighted by molar-refractivity contribution is 5.82. The van der Waals surface area contributed by atoms with E-state index in [9.17, 15) is 9.90 Å². The molecule has 1 amide bonds. The molecule has 1 aromatic heterocycles. The van der Waals surface area contributed by atoms with Crippen molar-refractivity contribution in [3.05, 3.63) is 23.8 Å². The van der Waals surface area contributed by atoms with Gasteiger partial charge in [-0.3, -0.25) is 4.79 Å². The molecular weight excluding hydrogens is 220 g/mol. The van der Waals surface area contributed by atoms with E-state index < -0.39 is 6.10 Å². The number of β-amino-alcohol motifs (C(OH)–C–C–N with tert-alkyl or cyclic N) is 1. The zero-order valence-electron chi connectivity index (χ0n) is 9.68. The van der Waals surface area contributed by atoms with E-state index in [1.807, 2.05) is 0 Å². The monoisotopic (exact) mass is 236 g/mol. The third kappa shape index (κ3) is 3.21. The minimum absolute atomic E-state index is 0.0992. The van der Waals surface area contributed by atoms with Crippen molar-refractivity contribution in [1.29, 1.82) is 0 Å². The van der Waals surface area contributed by atoms with Crippen molar-refractivity contribution in [2.24, 2.45) is 0 Å². The summed E-state index contributed by atoms with van der Waals surface area (Å²) < 4.78 is 0. The Balaban J connectivity index is 1.84. The molecule has 17 heavy (non-hydrogen) atoms. The number of nitrogens with zero attached hydrogens (tertiary/aromatic N) is 2. The first-order valence-electron chi connectivity index (χ1n) is 5.63. The van der Waals surface area contributed by atoms with Gasteiger partial charge >= 0.3 is 0 Å².